The van der Waals surface area contributed by atoms with Crippen LogP contribution in [0.3, 0.4) is 0 Å². The van der Waals surface area contributed by atoms with Gasteiger partial charge in [0.25, 0.3) is 5.91 Å². The summed E-state index contributed by atoms with van der Waals surface area (Å²) in [5.74, 6) is -1.72. The first kappa shape index (κ1) is 16.9. The summed E-state index contributed by atoms with van der Waals surface area (Å²) in [4.78, 5) is 27.8. The van der Waals surface area contributed by atoms with Crippen molar-refractivity contribution in [2.24, 2.45) is 5.92 Å². The molecule has 0 bridgehead atoms. The minimum Gasteiger partial charge on any atom is -0.339 e. The molecule has 1 saturated heterocycles. The molecule has 0 radical (unpaired) electrons. The number of rotatable bonds is 3. The Morgan fingerprint density at radius 3 is 2.08 bits per heavy atom. The van der Waals surface area contributed by atoms with E-state index in [0.29, 0.717) is 38.5 Å². The molecule has 2 fully saturated rings. The molecule has 0 N–H and O–H groups in total. The molecule has 0 unspecified atom stereocenters. The molecule has 1 heterocycles. The van der Waals surface area contributed by atoms with Crippen molar-refractivity contribution in [1.29, 1.82) is 0 Å². The lowest BCUT2D eigenvalue weighted by atomic mass is 10.0. The van der Waals surface area contributed by atoms with Gasteiger partial charge in [0.05, 0.1) is 0 Å². The topological polar surface area (TPSA) is 40.6 Å². The van der Waals surface area contributed by atoms with Crippen molar-refractivity contribution in [2.75, 3.05) is 26.2 Å². The predicted octanol–water partition coefficient (Wildman–Crippen LogP) is 2.83. The molecule has 2 amide bonds. The number of halogens is 2. The zero-order valence-electron chi connectivity index (χ0n) is 13.6. The van der Waals surface area contributed by atoms with E-state index in [1.54, 1.807) is 4.90 Å². The van der Waals surface area contributed by atoms with E-state index in [-0.39, 0.29) is 5.91 Å². The van der Waals surface area contributed by atoms with E-state index in [1.165, 1.54) is 23.8 Å². The van der Waals surface area contributed by atoms with Gasteiger partial charge in [-0.2, -0.15) is 0 Å². The molecule has 1 aliphatic heterocycles. The third-order valence-electron chi connectivity index (χ3n) is 5.03. The maximum Gasteiger partial charge on any atom is 0.259 e. The Balaban J connectivity index is 1.56. The maximum atomic E-state index is 13.7. The summed E-state index contributed by atoms with van der Waals surface area (Å²) in [6.07, 6.45) is 5.23. The van der Waals surface area contributed by atoms with Crippen LogP contribution in [0.5, 0.6) is 0 Å². The van der Waals surface area contributed by atoms with E-state index >= 15 is 0 Å². The molecule has 6 heteroatoms. The number of hydrogen-bond donors (Lipinski definition) is 0. The van der Waals surface area contributed by atoms with Crippen LogP contribution in [-0.2, 0) is 4.79 Å². The minimum atomic E-state index is -0.847. The first-order valence-electron chi connectivity index (χ1n) is 8.57. The molecule has 24 heavy (non-hydrogen) atoms. The fourth-order valence-corrected chi connectivity index (χ4v) is 3.61. The van der Waals surface area contributed by atoms with Gasteiger partial charge in [-0.1, -0.05) is 18.9 Å². The largest absolute Gasteiger partial charge is 0.339 e. The minimum absolute atomic E-state index is 0.131. The zero-order valence-corrected chi connectivity index (χ0v) is 13.6. The number of amides is 2. The highest BCUT2D eigenvalue weighted by molar-refractivity contribution is 5.95. The molecule has 4 nitrogen and oxygen atoms in total. The second kappa shape index (κ2) is 7.28. The molecule has 130 valence electrons. The highest BCUT2D eigenvalue weighted by Crippen LogP contribution is 2.28. The highest BCUT2D eigenvalue weighted by atomic mass is 19.1. The summed E-state index contributed by atoms with van der Waals surface area (Å²) in [5, 5.41) is 0. The third-order valence-corrected chi connectivity index (χ3v) is 5.03. The Labute approximate surface area is 140 Å². The number of carbonyl (C=O) groups is 2. The van der Waals surface area contributed by atoms with Crippen LogP contribution in [0.15, 0.2) is 18.2 Å². The maximum absolute atomic E-state index is 13.7. The second-order valence-electron chi connectivity index (χ2n) is 6.62. The van der Waals surface area contributed by atoms with Crippen molar-refractivity contribution in [1.82, 2.24) is 9.80 Å². The molecule has 2 aliphatic rings. The lowest BCUT2D eigenvalue weighted by Crippen LogP contribution is -2.51. The van der Waals surface area contributed by atoms with Crippen LogP contribution in [0.25, 0.3) is 0 Å². The SMILES string of the molecule is O=C(CC1CCCC1)N1CCN(C(=O)c2c(F)cccc2F)CC1. The Morgan fingerprint density at radius 2 is 1.50 bits per heavy atom. The predicted molar refractivity (Wildman–Crippen MR) is 85.4 cm³/mol. The van der Waals surface area contributed by atoms with Crippen LogP contribution in [0.1, 0.15) is 42.5 Å². The number of hydrogen-bond acceptors (Lipinski definition) is 2. The van der Waals surface area contributed by atoms with Crippen molar-refractivity contribution in [3.8, 4) is 0 Å². The van der Waals surface area contributed by atoms with Crippen LogP contribution in [0.2, 0.25) is 0 Å². The van der Waals surface area contributed by atoms with Crippen molar-refractivity contribution < 1.29 is 18.4 Å². The van der Waals surface area contributed by atoms with Crippen LogP contribution in [0, 0.1) is 17.6 Å². The smallest absolute Gasteiger partial charge is 0.259 e. The molecule has 3 rings (SSSR count). The molecule has 0 spiro atoms. The molecule has 0 aromatic heterocycles. The van der Waals surface area contributed by atoms with E-state index in [1.807, 2.05) is 0 Å². The van der Waals surface area contributed by atoms with E-state index < -0.39 is 23.1 Å². The Kier molecular flexibility index (Phi) is 5.11. The van der Waals surface area contributed by atoms with E-state index in [2.05, 4.69) is 0 Å². The Hall–Kier alpha value is -1.98. The van der Waals surface area contributed by atoms with Crippen LogP contribution < -0.4 is 0 Å². The average molecular weight is 336 g/mol. The summed E-state index contributed by atoms with van der Waals surface area (Å²) in [6.45, 7) is 1.47. The third kappa shape index (κ3) is 3.57. The Bertz CT molecular complexity index is 601. The van der Waals surface area contributed by atoms with E-state index in [4.69, 9.17) is 0 Å². The van der Waals surface area contributed by atoms with Gasteiger partial charge in [-0.05, 0) is 30.9 Å². The molecule has 1 aromatic carbocycles. The van der Waals surface area contributed by atoms with Gasteiger partial charge in [0.1, 0.15) is 17.2 Å². The first-order valence-corrected chi connectivity index (χ1v) is 8.57. The summed E-state index contributed by atoms with van der Waals surface area (Å²) >= 11 is 0. The van der Waals surface area contributed by atoms with Crippen molar-refractivity contribution in [3.63, 3.8) is 0 Å². The van der Waals surface area contributed by atoms with Gasteiger partial charge in [-0.15, -0.1) is 0 Å². The van der Waals surface area contributed by atoms with Crippen LogP contribution in [-0.4, -0.2) is 47.8 Å². The van der Waals surface area contributed by atoms with Crippen molar-refractivity contribution >= 4 is 11.8 Å². The van der Waals surface area contributed by atoms with Crippen LogP contribution >= 0.6 is 0 Å². The van der Waals surface area contributed by atoms with Gasteiger partial charge >= 0.3 is 0 Å². The summed E-state index contributed by atoms with van der Waals surface area (Å²) in [6, 6.07) is 3.40. The normalized spacial score (nSPS) is 18.9. The first-order chi connectivity index (χ1) is 11.6. The van der Waals surface area contributed by atoms with Gasteiger partial charge < -0.3 is 9.80 Å². The lowest BCUT2D eigenvalue weighted by molar-refractivity contribution is -0.133. The second-order valence-corrected chi connectivity index (χ2v) is 6.62. The fourth-order valence-electron chi connectivity index (χ4n) is 3.61. The van der Waals surface area contributed by atoms with Crippen LogP contribution in [0.4, 0.5) is 8.78 Å². The fraction of sp³-hybridized carbons (Fsp3) is 0.556. The van der Waals surface area contributed by atoms with Crippen molar-refractivity contribution in [2.45, 2.75) is 32.1 Å². The van der Waals surface area contributed by atoms with Crippen molar-refractivity contribution in [3.05, 3.63) is 35.4 Å². The molecule has 1 aliphatic carbocycles. The molecular weight excluding hydrogens is 314 g/mol. The number of benzene rings is 1. The van der Waals surface area contributed by atoms with Gasteiger partial charge in [-0.3, -0.25) is 9.59 Å². The quantitative estimate of drug-likeness (QED) is 0.852. The summed E-state index contributed by atoms with van der Waals surface area (Å²) in [5.41, 5.74) is -0.511. The monoisotopic (exact) mass is 336 g/mol. The molecular formula is C18H22F2N2O2. The lowest BCUT2D eigenvalue weighted by Gasteiger charge is -2.35. The molecule has 0 atom stereocenters. The standard InChI is InChI=1S/C18H22F2N2O2/c19-14-6-3-7-15(20)17(14)18(24)22-10-8-21(9-11-22)16(23)12-13-4-1-2-5-13/h3,6-7,13H,1-2,4-5,8-12H2. The highest BCUT2D eigenvalue weighted by Gasteiger charge is 2.29. The van der Waals surface area contributed by atoms with Gasteiger partial charge in [0.2, 0.25) is 5.91 Å². The average Bonchev–Trinajstić information content (AvgIpc) is 3.07. The van der Waals surface area contributed by atoms with Gasteiger partial charge in [0.15, 0.2) is 0 Å². The zero-order chi connectivity index (χ0) is 17.1. The van der Waals surface area contributed by atoms with Gasteiger partial charge in [-0.25, -0.2) is 8.78 Å². The number of piperazine rings is 1. The summed E-state index contributed by atoms with van der Waals surface area (Å²) in [7, 11) is 0. The number of carbonyl (C=O) groups excluding carboxylic acids is 2. The molecule has 1 saturated carbocycles. The summed E-state index contributed by atoms with van der Waals surface area (Å²) < 4.78 is 27.5. The molecule has 1 aromatic rings. The van der Waals surface area contributed by atoms with Gasteiger partial charge in [0, 0.05) is 32.6 Å². The Morgan fingerprint density at radius 1 is 0.958 bits per heavy atom. The van der Waals surface area contributed by atoms with E-state index in [9.17, 15) is 18.4 Å². The number of nitrogens with zero attached hydrogens (tertiary/aromatic N) is 2. The van der Waals surface area contributed by atoms with E-state index in [0.717, 1.165) is 25.0 Å².